The SMILES string of the molecule is CCN(CC)C(=O)N1CCN(S(=O)(=O)c2ccc3oc4ccccc4c3c2)CC1. The summed E-state index contributed by atoms with van der Waals surface area (Å²) in [4.78, 5) is 16.2. The van der Waals surface area contributed by atoms with E-state index in [0.717, 1.165) is 16.4 Å². The van der Waals surface area contributed by atoms with E-state index in [4.69, 9.17) is 4.42 Å². The number of carbonyl (C=O) groups is 1. The van der Waals surface area contributed by atoms with E-state index in [2.05, 4.69) is 0 Å². The van der Waals surface area contributed by atoms with Crippen LogP contribution >= 0.6 is 0 Å². The number of benzene rings is 2. The summed E-state index contributed by atoms with van der Waals surface area (Å²) in [7, 11) is -3.64. The Kier molecular flexibility index (Phi) is 5.23. The Hall–Kier alpha value is -2.58. The van der Waals surface area contributed by atoms with E-state index in [0.29, 0.717) is 44.9 Å². The zero-order valence-corrected chi connectivity index (χ0v) is 17.5. The Morgan fingerprint density at radius 1 is 0.966 bits per heavy atom. The minimum Gasteiger partial charge on any atom is -0.456 e. The van der Waals surface area contributed by atoms with Gasteiger partial charge in [-0.3, -0.25) is 0 Å². The lowest BCUT2D eigenvalue weighted by Crippen LogP contribution is -2.53. The van der Waals surface area contributed by atoms with E-state index in [1.807, 2.05) is 38.1 Å². The number of para-hydroxylation sites is 1. The van der Waals surface area contributed by atoms with Crippen LogP contribution in [-0.2, 0) is 10.0 Å². The lowest BCUT2D eigenvalue weighted by Gasteiger charge is -2.36. The molecule has 29 heavy (non-hydrogen) atoms. The number of hydrogen-bond acceptors (Lipinski definition) is 4. The van der Waals surface area contributed by atoms with Gasteiger partial charge in [-0.25, -0.2) is 13.2 Å². The lowest BCUT2D eigenvalue weighted by atomic mass is 10.1. The Morgan fingerprint density at radius 2 is 1.62 bits per heavy atom. The molecule has 0 spiro atoms. The van der Waals surface area contributed by atoms with Crippen LogP contribution < -0.4 is 0 Å². The minimum atomic E-state index is -3.64. The molecule has 0 aliphatic carbocycles. The number of fused-ring (bicyclic) bond motifs is 3. The standard InChI is InChI=1S/C21H25N3O4S/c1-3-22(4-2)21(25)23-11-13-24(14-12-23)29(26,27)16-9-10-20-18(15-16)17-7-5-6-8-19(17)28-20/h5-10,15H,3-4,11-14H2,1-2H3. The van der Waals surface area contributed by atoms with Gasteiger partial charge in [-0.05, 0) is 38.1 Å². The number of hydrogen-bond donors (Lipinski definition) is 0. The van der Waals surface area contributed by atoms with E-state index < -0.39 is 10.0 Å². The molecule has 0 atom stereocenters. The molecule has 0 radical (unpaired) electrons. The van der Waals surface area contributed by atoms with Crippen LogP contribution in [0.1, 0.15) is 13.8 Å². The van der Waals surface area contributed by atoms with Gasteiger partial charge in [0.25, 0.3) is 0 Å². The number of carbonyl (C=O) groups excluding carboxylic acids is 1. The van der Waals surface area contributed by atoms with E-state index in [1.165, 1.54) is 4.31 Å². The Morgan fingerprint density at radius 3 is 2.31 bits per heavy atom. The van der Waals surface area contributed by atoms with Crippen molar-refractivity contribution < 1.29 is 17.6 Å². The maximum atomic E-state index is 13.2. The fourth-order valence-corrected chi connectivity index (χ4v) is 5.28. The van der Waals surface area contributed by atoms with Crippen LogP contribution in [-0.4, -0.2) is 67.8 Å². The molecule has 0 N–H and O–H groups in total. The molecule has 1 saturated heterocycles. The first-order valence-corrected chi connectivity index (χ1v) is 11.3. The quantitative estimate of drug-likeness (QED) is 0.655. The van der Waals surface area contributed by atoms with Crippen molar-refractivity contribution >= 4 is 38.0 Å². The van der Waals surface area contributed by atoms with E-state index in [-0.39, 0.29) is 10.9 Å². The van der Waals surface area contributed by atoms with Gasteiger partial charge in [0.15, 0.2) is 0 Å². The maximum Gasteiger partial charge on any atom is 0.320 e. The van der Waals surface area contributed by atoms with Gasteiger partial charge in [0, 0.05) is 50.0 Å². The smallest absolute Gasteiger partial charge is 0.320 e. The summed E-state index contributed by atoms with van der Waals surface area (Å²) in [5.74, 6) is 0. The Balaban J connectivity index is 1.56. The van der Waals surface area contributed by atoms with Crippen molar-refractivity contribution in [1.82, 2.24) is 14.1 Å². The van der Waals surface area contributed by atoms with Gasteiger partial charge in [0.2, 0.25) is 10.0 Å². The molecule has 154 valence electrons. The average molecular weight is 416 g/mol. The molecule has 1 aliphatic heterocycles. The molecule has 2 heterocycles. The van der Waals surface area contributed by atoms with Crippen molar-refractivity contribution in [2.75, 3.05) is 39.3 Å². The van der Waals surface area contributed by atoms with Gasteiger partial charge in [-0.15, -0.1) is 0 Å². The number of amides is 2. The van der Waals surface area contributed by atoms with Crippen LogP contribution in [0, 0.1) is 0 Å². The Bertz CT molecular complexity index is 1140. The van der Waals surface area contributed by atoms with Crippen LogP contribution in [0.15, 0.2) is 51.8 Å². The fraction of sp³-hybridized carbons (Fsp3) is 0.381. The van der Waals surface area contributed by atoms with Crippen molar-refractivity contribution in [2.45, 2.75) is 18.7 Å². The zero-order valence-electron chi connectivity index (χ0n) is 16.7. The highest BCUT2D eigenvalue weighted by Crippen LogP contribution is 2.31. The highest BCUT2D eigenvalue weighted by molar-refractivity contribution is 7.89. The molecular weight excluding hydrogens is 390 g/mol. The topological polar surface area (TPSA) is 74.1 Å². The van der Waals surface area contributed by atoms with Crippen molar-refractivity contribution in [1.29, 1.82) is 0 Å². The molecule has 2 aromatic carbocycles. The normalized spacial score (nSPS) is 15.9. The first-order valence-electron chi connectivity index (χ1n) is 9.91. The number of nitrogens with zero attached hydrogens (tertiary/aromatic N) is 3. The zero-order chi connectivity index (χ0) is 20.6. The fourth-order valence-electron chi connectivity index (χ4n) is 3.83. The predicted molar refractivity (Wildman–Crippen MR) is 112 cm³/mol. The number of rotatable bonds is 4. The monoisotopic (exact) mass is 415 g/mol. The second kappa shape index (κ2) is 7.68. The highest BCUT2D eigenvalue weighted by atomic mass is 32.2. The summed E-state index contributed by atoms with van der Waals surface area (Å²) in [6.45, 7) is 6.55. The molecule has 2 amide bonds. The molecule has 1 aromatic heterocycles. The van der Waals surface area contributed by atoms with Crippen LogP contribution in [0.5, 0.6) is 0 Å². The van der Waals surface area contributed by atoms with Crippen molar-refractivity contribution in [2.24, 2.45) is 0 Å². The minimum absolute atomic E-state index is 0.0293. The van der Waals surface area contributed by atoms with Gasteiger partial charge < -0.3 is 14.2 Å². The van der Waals surface area contributed by atoms with Crippen LogP contribution in [0.2, 0.25) is 0 Å². The summed E-state index contributed by atoms with van der Waals surface area (Å²) >= 11 is 0. The average Bonchev–Trinajstić information content (AvgIpc) is 3.12. The first-order chi connectivity index (χ1) is 14.0. The van der Waals surface area contributed by atoms with Crippen molar-refractivity contribution in [3.63, 3.8) is 0 Å². The van der Waals surface area contributed by atoms with E-state index in [9.17, 15) is 13.2 Å². The molecule has 0 saturated carbocycles. The number of furan rings is 1. The van der Waals surface area contributed by atoms with Crippen molar-refractivity contribution in [3.05, 3.63) is 42.5 Å². The van der Waals surface area contributed by atoms with Crippen molar-refractivity contribution in [3.8, 4) is 0 Å². The summed E-state index contributed by atoms with van der Waals surface area (Å²) in [5.41, 5.74) is 1.40. The molecule has 4 rings (SSSR count). The third-order valence-electron chi connectivity index (χ3n) is 5.53. The lowest BCUT2D eigenvalue weighted by molar-refractivity contribution is 0.138. The van der Waals surface area contributed by atoms with Gasteiger partial charge in [0.05, 0.1) is 4.90 Å². The van der Waals surface area contributed by atoms with Crippen LogP contribution in [0.25, 0.3) is 21.9 Å². The van der Waals surface area contributed by atoms with Crippen LogP contribution in [0.3, 0.4) is 0 Å². The van der Waals surface area contributed by atoms with Gasteiger partial charge >= 0.3 is 6.03 Å². The predicted octanol–water partition coefficient (Wildman–Crippen LogP) is 3.35. The van der Waals surface area contributed by atoms with Gasteiger partial charge in [-0.1, -0.05) is 18.2 Å². The molecule has 0 unspecified atom stereocenters. The molecule has 1 aliphatic rings. The highest BCUT2D eigenvalue weighted by Gasteiger charge is 2.31. The second-order valence-corrected chi connectivity index (χ2v) is 9.04. The number of piperazine rings is 1. The molecule has 0 bridgehead atoms. The maximum absolute atomic E-state index is 13.2. The number of urea groups is 1. The third-order valence-corrected chi connectivity index (χ3v) is 7.42. The third kappa shape index (κ3) is 3.47. The summed E-state index contributed by atoms with van der Waals surface area (Å²) in [6, 6.07) is 12.6. The van der Waals surface area contributed by atoms with E-state index in [1.54, 1.807) is 28.0 Å². The van der Waals surface area contributed by atoms with Gasteiger partial charge in [-0.2, -0.15) is 4.31 Å². The molecule has 1 fully saturated rings. The molecular formula is C21H25N3O4S. The molecule has 7 nitrogen and oxygen atoms in total. The van der Waals surface area contributed by atoms with Gasteiger partial charge in [0.1, 0.15) is 11.2 Å². The molecule has 3 aromatic rings. The summed E-state index contributed by atoms with van der Waals surface area (Å²) < 4.78 is 33.6. The first kappa shape index (κ1) is 19.7. The summed E-state index contributed by atoms with van der Waals surface area (Å²) in [6.07, 6.45) is 0. The number of sulfonamides is 1. The second-order valence-electron chi connectivity index (χ2n) is 7.10. The summed E-state index contributed by atoms with van der Waals surface area (Å²) in [5, 5.41) is 1.69. The Labute approximate surface area is 170 Å². The largest absolute Gasteiger partial charge is 0.456 e. The van der Waals surface area contributed by atoms with E-state index >= 15 is 0 Å². The molecule has 8 heteroatoms. The van der Waals surface area contributed by atoms with Crippen LogP contribution in [0.4, 0.5) is 4.79 Å².